The number of amides is 1. The first-order valence-electron chi connectivity index (χ1n) is 6.84. The molecule has 1 aliphatic heterocycles. The molecule has 20 heavy (non-hydrogen) atoms. The molecule has 0 atom stereocenters. The summed E-state index contributed by atoms with van der Waals surface area (Å²) in [5, 5.41) is 0. The molecular formula is C15H22BNO3. The Balaban J connectivity index is 2.18. The summed E-state index contributed by atoms with van der Waals surface area (Å²) in [4.78, 5) is 12.9. The molecule has 0 aliphatic carbocycles. The monoisotopic (exact) mass is 275 g/mol. The number of rotatable bonds is 2. The Morgan fingerprint density at radius 2 is 1.50 bits per heavy atom. The van der Waals surface area contributed by atoms with Gasteiger partial charge in [0.1, 0.15) is 0 Å². The van der Waals surface area contributed by atoms with Crippen LogP contribution in [0.15, 0.2) is 24.3 Å². The number of carbonyl (C=O) groups excluding carboxylic acids is 1. The molecule has 1 saturated heterocycles. The van der Waals surface area contributed by atoms with Crippen LogP contribution >= 0.6 is 0 Å². The molecule has 5 heteroatoms. The third-order valence-corrected chi connectivity index (χ3v) is 4.28. The van der Waals surface area contributed by atoms with Gasteiger partial charge in [-0.1, -0.05) is 12.1 Å². The third-order valence-electron chi connectivity index (χ3n) is 4.28. The predicted molar refractivity (Wildman–Crippen MR) is 81.2 cm³/mol. The second-order valence-corrected chi connectivity index (χ2v) is 6.26. The first kappa shape index (κ1) is 15.1. The maximum absolute atomic E-state index is 11.3. The molecule has 2 rings (SSSR count). The zero-order valence-corrected chi connectivity index (χ0v) is 13.1. The van der Waals surface area contributed by atoms with Crippen LogP contribution in [-0.2, 0) is 14.1 Å². The highest BCUT2D eigenvalue weighted by atomic mass is 16.7. The molecular weight excluding hydrogens is 253 g/mol. The molecule has 0 radical (unpaired) electrons. The summed E-state index contributed by atoms with van der Waals surface area (Å²) in [5.74, 6) is 0.00776. The third kappa shape index (κ3) is 2.60. The average Bonchev–Trinajstić information content (AvgIpc) is 2.57. The summed E-state index contributed by atoms with van der Waals surface area (Å²) in [6, 6.07) is 7.69. The highest BCUT2D eigenvalue weighted by molar-refractivity contribution is 6.62. The lowest BCUT2D eigenvalue weighted by Crippen LogP contribution is -2.41. The molecule has 108 valence electrons. The molecule has 4 nitrogen and oxygen atoms in total. The van der Waals surface area contributed by atoms with Crippen molar-refractivity contribution in [1.82, 2.24) is 0 Å². The Hall–Kier alpha value is -1.33. The van der Waals surface area contributed by atoms with Gasteiger partial charge in [-0.3, -0.25) is 4.79 Å². The molecule has 0 N–H and O–H groups in total. The fraction of sp³-hybridized carbons (Fsp3) is 0.533. The number of hydrogen-bond donors (Lipinski definition) is 0. The van der Waals surface area contributed by atoms with Gasteiger partial charge >= 0.3 is 7.12 Å². The Morgan fingerprint density at radius 1 is 1.05 bits per heavy atom. The lowest BCUT2D eigenvalue weighted by atomic mass is 9.79. The fourth-order valence-corrected chi connectivity index (χ4v) is 2.02. The van der Waals surface area contributed by atoms with E-state index in [1.807, 2.05) is 52.0 Å². The molecule has 1 amide bonds. The standard InChI is InChI=1S/C15H22BNO3/c1-11(18)17(6)13-9-7-12(8-10-13)16-19-14(2,3)15(4,5)20-16/h7-10H,1-6H3. The Morgan fingerprint density at radius 3 is 1.90 bits per heavy atom. The van der Waals surface area contributed by atoms with Crippen molar-refractivity contribution in [3.63, 3.8) is 0 Å². The van der Waals surface area contributed by atoms with Gasteiger partial charge in [-0.25, -0.2) is 0 Å². The van der Waals surface area contributed by atoms with Gasteiger partial charge in [0.25, 0.3) is 0 Å². The minimum Gasteiger partial charge on any atom is -0.399 e. The predicted octanol–water partition coefficient (Wildman–Crippen LogP) is 1.97. The second kappa shape index (κ2) is 4.90. The topological polar surface area (TPSA) is 38.8 Å². The summed E-state index contributed by atoms with van der Waals surface area (Å²) in [6.07, 6.45) is 0. The number of benzene rings is 1. The minimum atomic E-state index is -0.364. The van der Waals surface area contributed by atoms with E-state index in [-0.39, 0.29) is 24.2 Å². The van der Waals surface area contributed by atoms with E-state index >= 15 is 0 Å². The molecule has 0 spiro atoms. The van der Waals surface area contributed by atoms with Gasteiger partial charge in [-0.15, -0.1) is 0 Å². The van der Waals surface area contributed by atoms with E-state index < -0.39 is 0 Å². The van der Waals surface area contributed by atoms with E-state index in [1.54, 1.807) is 18.9 Å². The normalized spacial score (nSPS) is 20.0. The lowest BCUT2D eigenvalue weighted by molar-refractivity contribution is -0.116. The van der Waals surface area contributed by atoms with E-state index in [2.05, 4.69) is 0 Å². The van der Waals surface area contributed by atoms with Crippen LogP contribution in [0.4, 0.5) is 5.69 Å². The van der Waals surface area contributed by atoms with E-state index in [9.17, 15) is 4.79 Å². The Kier molecular flexibility index (Phi) is 3.69. The van der Waals surface area contributed by atoms with Crippen molar-refractivity contribution in [2.45, 2.75) is 45.8 Å². The van der Waals surface area contributed by atoms with Crippen LogP contribution in [-0.4, -0.2) is 31.3 Å². The fourth-order valence-electron chi connectivity index (χ4n) is 2.02. The minimum absolute atomic E-state index is 0.00776. The Labute approximate surface area is 121 Å². The summed E-state index contributed by atoms with van der Waals surface area (Å²) in [7, 11) is 1.39. The van der Waals surface area contributed by atoms with Gasteiger partial charge in [0.2, 0.25) is 5.91 Å². The van der Waals surface area contributed by atoms with Gasteiger partial charge in [-0.05, 0) is 45.3 Å². The highest BCUT2D eigenvalue weighted by Gasteiger charge is 2.51. The number of carbonyl (C=O) groups is 1. The van der Waals surface area contributed by atoms with Gasteiger partial charge in [0.15, 0.2) is 0 Å². The van der Waals surface area contributed by atoms with E-state index in [4.69, 9.17) is 9.31 Å². The summed E-state index contributed by atoms with van der Waals surface area (Å²) in [5.41, 5.74) is 1.14. The van der Waals surface area contributed by atoms with Crippen LogP contribution < -0.4 is 10.4 Å². The first-order valence-corrected chi connectivity index (χ1v) is 6.84. The van der Waals surface area contributed by atoms with Gasteiger partial charge in [0.05, 0.1) is 11.2 Å². The average molecular weight is 275 g/mol. The number of nitrogens with zero attached hydrogens (tertiary/aromatic N) is 1. The van der Waals surface area contributed by atoms with Crippen molar-refractivity contribution in [2.24, 2.45) is 0 Å². The van der Waals surface area contributed by atoms with Crippen LogP contribution in [0.1, 0.15) is 34.6 Å². The van der Waals surface area contributed by atoms with E-state index in [0.29, 0.717) is 0 Å². The molecule has 1 aromatic carbocycles. The second-order valence-electron chi connectivity index (χ2n) is 6.26. The van der Waals surface area contributed by atoms with Crippen molar-refractivity contribution in [1.29, 1.82) is 0 Å². The number of hydrogen-bond acceptors (Lipinski definition) is 3. The molecule has 1 heterocycles. The SMILES string of the molecule is CC(=O)N(C)c1ccc(B2OC(C)(C)C(C)(C)O2)cc1. The smallest absolute Gasteiger partial charge is 0.399 e. The molecule has 0 unspecified atom stereocenters. The molecule has 1 fully saturated rings. The van der Waals surface area contributed by atoms with E-state index in [0.717, 1.165) is 11.2 Å². The van der Waals surface area contributed by atoms with Crippen molar-refractivity contribution >= 4 is 24.2 Å². The summed E-state index contributed by atoms with van der Waals surface area (Å²) in [6.45, 7) is 9.67. The van der Waals surface area contributed by atoms with E-state index in [1.165, 1.54) is 0 Å². The zero-order chi connectivity index (χ0) is 15.1. The van der Waals surface area contributed by atoms with Crippen LogP contribution in [0.25, 0.3) is 0 Å². The van der Waals surface area contributed by atoms with Gasteiger partial charge in [-0.2, -0.15) is 0 Å². The Bertz CT molecular complexity index is 494. The van der Waals surface area contributed by atoms with Crippen molar-refractivity contribution in [2.75, 3.05) is 11.9 Å². The highest BCUT2D eigenvalue weighted by Crippen LogP contribution is 2.36. The van der Waals surface area contributed by atoms with Crippen molar-refractivity contribution < 1.29 is 14.1 Å². The molecule has 0 saturated carbocycles. The lowest BCUT2D eigenvalue weighted by Gasteiger charge is -2.32. The van der Waals surface area contributed by atoms with Gasteiger partial charge in [0, 0.05) is 19.7 Å². The molecule has 1 aliphatic rings. The zero-order valence-electron chi connectivity index (χ0n) is 13.1. The quantitative estimate of drug-likeness (QED) is 0.774. The van der Waals surface area contributed by atoms with Crippen molar-refractivity contribution in [3.8, 4) is 0 Å². The van der Waals surface area contributed by atoms with Crippen LogP contribution in [0.5, 0.6) is 0 Å². The number of anilines is 1. The molecule has 0 aromatic heterocycles. The van der Waals surface area contributed by atoms with Gasteiger partial charge < -0.3 is 14.2 Å². The maximum Gasteiger partial charge on any atom is 0.494 e. The summed E-state index contributed by atoms with van der Waals surface area (Å²) < 4.78 is 12.0. The maximum atomic E-state index is 11.3. The largest absolute Gasteiger partial charge is 0.494 e. The van der Waals surface area contributed by atoms with Crippen molar-refractivity contribution in [3.05, 3.63) is 24.3 Å². The van der Waals surface area contributed by atoms with Crippen LogP contribution in [0.3, 0.4) is 0 Å². The summed E-state index contributed by atoms with van der Waals surface area (Å²) >= 11 is 0. The van der Waals surface area contributed by atoms with Crippen LogP contribution in [0.2, 0.25) is 0 Å². The molecule has 0 bridgehead atoms. The van der Waals surface area contributed by atoms with Crippen LogP contribution in [0, 0.1) is 0 Å². The first-order chi connectivity index (χ1) is 9.14. The molecule has 1 aromatic rings.